The highest BCUT2D eigenvalue weighted by Gasteiger charge is 2.21. The Morgan fingerprint density at radius 2 is 2.25 bits per heavy atom. The maximum atomic E-state index is 12.0. The molecule has 1 N–H and O–H groups in total. The van der Waals surface area contributed by atoms with Crippen LogP contribution in [0.15, 0.2) is 24.3 Å². The number of hydrogen-bond acceptors (Lipinski definition) is 4. The fourth-order valence-corrected chi connectivity index (χ4v) is 3.14. The number of thiazole rings is 1. The van der Waals surface area contributed by atoms with E-state index in [-0.39, 0.29) is 5.91 Å². The normalized spacial score (nSPS) is 14.7. The van der Waals surface area contributed by atoms with Gasteiger partial charge in [-0.3, -0.25) is 4.79 Å². The summed E-state index contributed by atoms with van der Waals surface area (Å²) in [5.74, 6) is 0.933. The van der Waals surface area contributed by atoms with Crippen molar-refractivity contribution >= 4 is 27.5 Å². The van der Waals surface area contributed by atoms with E-state index in [0.29, 0.717) is 13.1 Å². The lowest BCUT2D eigenvalue weighted by Gasteiger charge is -2.15. The molecule has 0 saturated heterocycles. The monoisotopic (exact) mass is 289 g/mol. The number of carbonyl (C=O) groups excluding carboxylic acids is 1. The van der Waals surface area contributed by atoms with Crippen molar-refractivity contribution in [3.63, 3.8) is 0 Å². The number of benzene rings is 1. The molecule has 20 heavy (non-hydrogen) atoms. The Hall–Kier alpha value is -1.46. The number of aromatic nitrogens is 1. The highest BCUT2D eigenvalue weighted by Crippen LogP contribution is 2.27. The maximum Gasteiger partial charge on any atom is 0.236 e. The van der Waals surface area contributed by atoms with Gasteiger partial charge < -0.3 is 10.2 Å². The van der Waals surface area contributed by atoms with Crippen molar-refractivity contribution in [1.29, 1.82) is 0 Å². The summed E-state index contributed by atoms with van der Waals surface area (Å²) < 4.78 is 1.18. The predicted octanol–water partition coefficient (Wildman–Crippen LogP) is 2.25. The van der Waals surface area contributed by atoms with E-state index in [1.807, 2.05) is 25.2 Å². The van der Waals surface area contributed by atoms with Crippen LogP contribution in [0, 0.1) is 5.92 Å². The Morgan fingerprint density at radius 1 is 1.45 bits per heavy atom. The quantitative estimate of drug-likeness (QED) is 0.887. The third-order valence-electron chi connectivity index (χ3n) is 3.54. The molecule has 1 aromatic heterocycles. The van der Waals surface area contributed by atoms with Crippen LogP contribution in [0.3, 0.4) is 0 Å². The van der Waals surface area contributed by atoms with E-state index in [4.69, 9.17) is 0 Å². The molecule has 0 radical (unpaired) electrons. The first-order valence-corrected chi connectivity index (χ1v) is 7.83. The summed E-state index contributed by atoms with van der Waals surface area (Å²) in [6.07, 6.45) is 2.62. The average Bonchev–Trinajstić information content (AvgIpc) is 3.16. The van der Waals surface area contributed by atoms with E-state index in [9.17, 15) is 4.79 Å². The van der Waals surface area contributed by atoms with Gasteiger partial charge in [-0.2, -0.15) is 0 Å². The van der Waals surface area contributed by atoms with Crippen LogP contribution in [0.2, 0.25) is 0 Å². The van der Waals surface area contributed by atoms with Gasteiger partial charge in [0.15, 0.2) is 0 Å². The molecule has 0 spiro atoms. The molecule has 0 unspecified atom stereocenters. The summed E-state index contributed by atoms with van der Waals surface area (Å²) in [4.78, 5) is 18.3. The SMILES string of the molecule is CN(Cc1nc2ccccc2s1)C(=O)CNCC1CC1. The van der Waals surface area contributed by atoms with Gasteiger partial charge in [-0.25, -0.2) is 4.98 Å². The predicted molar refractivity (Wildman–Crippen MR) is 81.7 cm³/mol. The van der Waals surface area contributed by atoms with Crippen LogP contribution >= 0.6 is 11.3 Å². The van der Waals surface area contributed by atoms with Crippen LogP contribution in [-0.4, -0.2) is 35.9 Å². The Morgan fingerprint density at radius 3 is 3.00 bits per heavy atom. The number of likely N-dealkylation sites (N-methyl/N-ethyl adjacent to an activating group) is 1. The third kappa shape index (κ3) is 3.35. The standard InChI is InChI=1S/C15H19N3OS/c1-18(15(19)9-16-8-11-6-7-11)10-14-17-12-4-2-3-5-13(12)20-14/h2-5,11,16H,6-10H2,1H3. The lowest BCUT2D eigenvalue weighted by atomic mass is 10.3. The Kier molecular flexibility index (Phi) is 3.98. The van der Waals surface area contributed by atoms with Crippen LogP contribution in [0.4, 0.5) is 0 Å². The summed E-state index contributed by atoms with van der Waals surface area (Å²) in [6, 6.07) is 8.08. The molecular weight excluding hydrogens is 270 g/mol. The van der Waals surface area contributed by atoms with Crippen LogP contribution in [0.25, 0.3) is 10.2 Å². The Bertz CT molecular complexity index is 573. The van der Waals surface area contributed by atoms with Crippen molar-refractivity contribution in [2.45, 2.75) is 19.4 Å². The van der Waals surface area contributed by atoms with Crippen molar-refractivity contribution in [1.82, 2.24) is 15.2 Å². The molecule has 2 aromatic rings. The smallest absolute Gasteiger partial charge is 0.236 e. The second kappa shape index (κ2) is 5.89. The molecule has 1 heterocycles. The molecule has 1 aliphatic rings. The van der Waals surface area contributed by atoms with E-state index >= 15 is 0 Å². The number of rotatable bonds is 6. The molecule has 1 amide bonds. The molecule has 1 aliphatic carbocycles. The third-order valence-corrected chi connectivity index (χ3v) is 4.56. The van der Waals surface area contributed by atoms with Gasteiger partial charge in [-0.05, 0) is 37.4 Å². The molecule has 1 saturated carbocycles. The van der Waals surface area contributed by atoms with E-state index in [2.05, 4.69) is 16.4 Å². The molecule has 5 heteroatoms. The highest BCUT2D eigenvalue weighted by atomic mass is 32.1. The molecule has 0 aliphatic heterocycles. The molecular formula is C15H19N3OS. The zero-order valence-corrected chi connectivity index (χ0v) is 12.4. The summed E-state index contributed by atoms with van der Waals surface area (Å²) in [6.45, 7) is 1.99. The van der Waals surface area contributed by atoms with Gasteiger partial charge in [0.05, 0.1) is 23.3 Å². The largest absolute Gasteiger partial charge is 0.338 e. The van der Waals surface area contributed by atoms with Gasteiger partial charge in [0.1, 0.15) is 5.01 Å². The second-order valence-corrected chi connectivity index (χ2v) is 6.51. The van der Waals surface area contributed by atoms with Gasteiger partial charge in [-0.1, -0.05) is 12.1 Å². The molecule has 0 atom stereocenters. The van der Waals surface area contributed by atoms with E-state index in [1.165, 1.54) is 17.5 Å². The van der Waals surface area contributed by atoms with Gasteiger partial charge in [0.25, 0.3) is 0 Å². The fraction of sp³-hybridized carbons (Fsp3) is 0.467. The summed E-state index contributed by atoms with van der Waals surface area (Å²) >= 11 is 1.66. The van der Waals surface area contributed by atoms with Crippen molar-refractivity contribution in [2.24, 2.45) is 5.92 Å². The second-order valence-electron chi connectivity index (χ2n) is 5.40. The van der Waals surface area contributed by atoms with Crippen LogP contribution in [0.5, 0.6) is 0 Å². The lowest BCUT2D eigenvalue weighted by Crippen LogP contribution is -2.35. The molecule has 0 bridgehead atoms. The number of nitrogens with one attached hydrogen (secondary N) is 1. The minimum Gasteiger partial charge on any atom is -0.338 e. The molecule has 3 rings (SSSR count). The molecule has 4 nitrogen and oxygen atoms in total. The first-order valence-electron chi connectivity index (χ1n) is 7.01. The van der Waals surface area contributed by atoms with Crippen molar-refractivity contribution < 1.29 is 4.79 Å². The number of nitrogens with zero attached hydrogens (tertiary/aromatic N) is 2. The maximum absolute atomic E-state index is 12.0. The van der Waals surface area contributed by atoms with Crippen LogP contribution in [0.1, 0.15) is 17.8 Å². The zero-order valence-electron chi connectivity index (χ0n) is 11.6. The van der Waals surface area contributed by atoms with Gasteiger partial charge in [-0.15, -0.1) is 11.3 Å². The van der Waals surface area contributed by atoms with Gasteiger partial charge >= 0.3 is 0 Å². The van der Waals surface area contributed by atoms with E-state index in [0.717, 1.165) is 23.0 Å². The lowest BCUT2D eigenvalue weighted by molar-refractivity contribution is -0.129. The minimum atomic E-state index is 0.130. The van der Waals surface area contributed by atoms with Gasteiger partial charge in [0.2, 0.25) is 5.91 Å². The fourth-order valence-electron chi connectivity index (χ4n) is 2.12. The Labute approximate surface area is 122 Å². The number of hydrogen-bond donors (Lipinski definition) is 1. The highest BCUT2D eigenvalue weighted by molar-refractivity contribution is 7.18. The molecule has 106 valence electrons. The summed E-state index contributed by atoms with van der Waals surface area (Å²) in [7, 11) is 1.84. The number of carbonyl (C=O) groups is 1. The first kappa shape index (κ1) is 13.5. The number of amides is 1. The first-order chi connectivity index (χ1) is 9.72. The molecule has 1 fully saturated rings. The van der Waals surface area contributed by atoms with Crippen LogP contribution in [-0.2, 0) is 11.3 Å². The number of fused-ring (bicyclic) bond motifs is 1. The van der Waals surface area contributed by atoms with E-state index in [1.54, 1.807) is 16.2 Å². The van der Waals surface area contributed by atoms with Crippen molar-refractivity contribution in [2.75, 3.05) is 20.1 Å². The minimum absolute atomic E-state index is 0.130. The zero-order chi connectivity index (χ0) is 13.9. The number of para-hydroxylation sites is 1. The van der Waals surface area contributed by atoms with Gasteiger partial charge in [0, 0.05) is 7.05 Å². The Balaban J connectivity index is 1.53. The van der Waals surface area contributed by atoms with E-state index < -0.39 is 0 Å². The average molecular weight is 289 g/mol. The summed E-state index contributed by atoms with van der Waals surface area (Å²) in [5, 5.41) is 4.22. The molecule has 1 aromatic carbocycles. The summed E-state index contributed by atoms with van der Waals surface area (Å²) in [5.41, 5.74) is 1.01. The topological polar surface area (TPSA) is 45.2 Å². The van der Waals surface area contributed by atoms with Crippen molar-refractivity contribution in [3.05, 3.63) is 29.3 Å². The van der Waals surface area contributed by atoms with Crippen molar-refractivity contribution in [3.8, 4) is 0 Å². The van der Waals surface area contributed by atoms with Crippen LogP contribution < -0.4 is 5.32 Å².